The van der Waals surface area contributed by atoms with Gasteiger partial charge in [0.2, 0.25) is 5.91 Å². The molecule has 2 amide bonds. The van der Waals surface area contributed by atoms with Crippen LogP contribution < -0.4 is 5.32 Å². The number of amides is 2. The Morgan fingerprint density at radius 1 is 1.00 bits per heavy atom. The minimum atomic E-state index is -0.858. The summed E-state index contributed by atoms with van der Waals surface area (Å²) in [6.07, 6.45) is 11.2. The average molecular weight is 408 g/mol. The molecule has 2 fully saturated rings. The summed E-state index contributed by atoms with van der Waals surface area (Å²) in [5.41, 5.74) is 0.913. The molecular weight excluding hydrogens is 374 g/mol. The van der Waals surface area contributed by atoms with Gasteiger partial charge in [0.1, 0.15) is 11.2 Å². The first kappa shape index (κ1) is 19.7. The summed E-state index contributed by atoms with van der Waals surface area (Å²) < 4.78 is 2.08. The van der Waals surface area contributed by atoms with E-state index in [4.69, 9.17) is 0 Å². The summed E-state index contributed by atoms with van der Waals surface area (Å²) in [5.74, 6) is 0.0452. The van der Waals surface area contributed by atoms with Gasteiger partial charge in [0.05, 0.1) is 6.54 Å². The van der Waals surface area contributed by atoms with E-state index in [2.05, 4.69) is 22.0 Å². The van der Waals surface area contributed by atoms with Crippen molar-refractivity contribution >= 4 is 22.7 Å². The Balaban J connectivity index is 1.57. The number of benzene rings is 1. The van der Waals surface area contributed by atoms with Gasteiger partial charge < -0.3 is 14.8 Å². The van der Waals surface area contributed by atoms with Crippen LogP contribution in [0.3, 0.4) is 0 Å². The molecular formula is C25H33N3O2. The van der Waals surface area contributed by atoms with Crippen LogP contribution in [-0.2, 0) is 11.3 Å². The fraction of sp³-hybridized carbons (Fsp3) is 0.600. The zero-order valence-corrected chi connectivity index (χ0v) is 18.0. The molecule has 0 bridgehead atoms. The Labute approximate surface area is 178 Å². The van der Waals surface area contributed by atoms with Crippen molar-refractivity contribution in [3.05, 3.63) is 36.0 Å². The van der Waals surface area contributed by atoms with Crippen LogP contribution in [0.5, 0.6) is 0 Å². The number of hydrogen-bond donors (Lipinski definition) is 1. The first-order chi connectivity index (χ1) is 14.6. The molecule has 0 radical (unpaired) electrons. The molecule has 5 nitrogen and oxygen atoms in total. The molecule has 0 unspecified atom stereocenters. The van der Waals surface area contributed by atoms with Crippen LogP contribution in [0.15, 0.2) is 30.3 Å². The van der Waals surface area contributed by atoms with Crippen molar-refractivity contribution in [2.75, 3.05) is 0 Å². The van der Waals surface area contributed by atoms with E-state index in [0.29, 0.717) is 6.54 Å². The Kier molecular flexibility index (Phi) is 5.08. The number of nitrogens with one attached hydrogen (secondary N) is 1. The number of rotatable bonds is 3. The second-order valence-electron chi connectivity index (χ2n) is 9.72. The lowest BCUT2D eigenvalue weighted by molar-refractivity contribution is -0.135. The van der Waals surface area contributed by atoms with Gasteiger partial charge in [-0.3, -0.25) is 9.59 Å². The summed E-state index contributed by atoms with van der Waals surface area (Å²) in [7, 11) is 0. The van der Waals surface area contributed by atoms with E-state index in [9.17, 15) is 9.59 Å². The summed E-state index contributed by atoms with van der Waals surface area (Å²) in [4.78, 5) is 29.6. The number of carbonyl (C=O) groups excluding carboxylic acids is 2. The van der Waals surface area contributed by atoms with Crippen LogP contribution in [0.25, 0.3) is 10.9 Å². The number of aromatic nitrogens is 1. The van der Waals surface area contributed by atoms with Crippen LogP contribution in [0, 0.1) is 0 Å². The van der Waals surface area contributed by atoms with Gasteiger partial charge in [-0.2, -0.15) is 0 Å². The van der Waals surface area contributed by atoms with Crippen LogP contribution in [-0.4, -0.2) is 38.9 Å². The van der Waals surface area contributed by atoms with E-state index in [0.717, 1.165) is 55.1 Å². The van der Waals surface area contributed by atoms with Crippen molar-refractivity contribution in [3.8, 4) is 0 Å². The van der Waals surface area contributed by atoms with E-state index in [-0.39, 0.29) is 23.9 Å². The van der Waals surface area contributed by atoms with Crippen molar-refractivity contribution in [2.45, 2.75) is 95.3 Å². The van der Waals surface area contributed by atoms with E-state index in [1.807, 2.05) is 30.0 Å². The topological polar surface area (TPSA) is 54.3 Å². The SMILES string of the molecule is C[C@@]1(C(=O)NC2CCCC2)Cn2c(cc3ccccc32)C(=O)N1C1CCCCCC1. The predicted octanol–water partition coefficient (Wildman–Crippen LogP) is 4.64. The molecule has 5 rings (SSSR count). The lowest BCUT2D eigenvalue weighted by atomic mass is 9.90. The van der Waals surface area contributed by atoms with Crippen molar-refractivity contribution in [3.63, 3.8) is 0 Å². The smallest absolute Gasteiger partial charge is 0.271 e. The predicted molar refractivity (Wildman–Crippen MR) is 118 cm³/mol. The van der Waals surface area contributed by atoms with E-state index in [1.54, 1.807) is 0 Å². The zero-order valence-electron chi connectivity index (χ0n) is 18.0. The molecule has 1 aromatic carbocycles. The number of nitrogens with zero attached hydrogens (tertiary/aromatic N) is 2. The maximum atomic E-state index is 13.9. The lowest BCUT2D eigenvalue weighted by Gasteiger charge is -2.48. The quantitative estimate of drug-likeness (QED) is 0.754. The summed E-state index contributed by atoms with van der Waals surface area (Å²) in [6, 6.07) is 10.5. The van der Waals surface area contributed by atoms with Gasteiger partial charge in [-0.25, -0.2) is 0 Å². The molecule has 160 valence electrons. The summed E-state index contributed by atoms with van der Waals surface area (Å²) in [5, 5.41) is 4.39. The lowest BCUT2D eigenvalue weighted by Crippen LogP contribution is -2.67. The standard InChI is InChI=1S/C25H33N3O2/c1-25(24(30)26-19-11-7-8-12-19)17-27-21-15-9-6-10-18(21)16-22(27)23(29)28(25)20-13-4-2-3-5-14-20/h6,9-10,15-16,19-20H,2-5,7-8,11-14,17H2,1H3,(H,26,30)/t25-/m0/s1. The van der Waals surface area contributed by atoms with Gasteiger partial charge in [-0.15, -0.1) is 0 Å². The Hall–Kier alpha value is -2.30. The first-order valence-corrected chi connectivity index (χ1v) is 11.8. The number of para-hydroxylation sites is 1. The van der Waals surface area contributed by atoms with Gasteiger partial charge in [0, 0.05) is 23.0 Å². The Morgan fingerprint density at radius 3 is 2.40 bits per heavy atom. The summed E-state index contributed by atoms with van der Waals surface area (Å²) in [6.45, 7) is 2.52. The highest BCUT2D eigenvalue weighted by atomic mass is 16.2. The first-order valence-electron chi connectivity index (χ1n) is 11.8. The van der Waals surface area contributed by atoms with Gasteiger partial charge in [-0.1, -0.05) is 56.7 Å². The van der Waals surface area contributed by atoms with Gasteiger partial charge in [0.25, 0.3) is 5.91 Å². The normalized spacial score (nSPS) is 26.0. The van der Waals surface area contributed by atoms with Crippen LogP contribution in [0.4, 0.5) is 0 Å². The number of hydrogen-bond acceptors (Lipinski definition) is 2. The monoisotopic (exact) mass is 407 g/mol. The second kappa shape index (κ2) is 7.75. The molecule has 1 aliphatic heterocycles. The maximum Gasteiger partial charge on any atom is 0.271 e. The molecule has 1 N–H and O–H groups in total. The van der Waals surface area contributed by atoms with Gasteiger partial charge in [-0.05, 0) is 44.7 Å². The average Bonchev–Trinajstić information content (AvgIpc) is 3.29. The third-order valence-electron chi connectivity index (χ3n) is 7.62. The van der Waals surface area contributed by atoms with E-state index < -0.39 is 5.54 Å². The molecule has 5 heteroatoms. The van der Waals surface area contributed by atoms with Crippen LogP contribution in [0.2, 0.25) is 0 Å². The molecule has 2 heterocycles. The summed E-state index contributed by atoms with van der Waals surface area (Å²) >= 11 is 0. The van der Waals surface area contributed by atoms with Gasteiger partial charge in [0.15, 0.2) is 0 Å². The van der Waals surface area contributed by atoms with Crippen LogP contribution >= 0.6 is 0 Å². The fourth-order valence-electron chi connectivity index (χ4n) is 5.97. The molecule has 2 saturated carbocycles. The van der Waals surface area contributed by atoms with E-state index >= 15 is 0 Å². The number of fused-ring (bicyclic) bond motifs is 3. The molecule has 1 aromatic heterocycles. The Morgan fingerprint density at radius 2 is 1.67 bits per heavy atom. The largest absolute Gasteiger partial charge is 0.351 e. The van der Waals surface area contributed by atoms with Crippen molar-refractivity contribution in [1.82, 2.24) is 14.8 Å². The minimum absolute atomic E-state index is 0.0217. The number of carbonyl (C=O) groups is 2. The zero-order chi connectivity index (χ0) is 20.7. The third-order valence-corrected chi connectivity index (χ3v) is 7.62. The van der Waals surface area contributed by atoms with E-state index in [1.165, 1.54) is 25.7 Å². The van der Waals surface area contributed by atoms with Crippen molar-refractivity contribution in [1.29, 1.82) is 0 Å². The van der Waals surface area contributed by atoms with Crippen molar-refractivity contribution < 1.29 is 9.59 Å². The Bertz CT molecular complexity index is 950. The third kappa shape index (κ3) is 3.23. The second-order valence-corrected chi connectivity index (χ2v) is 9.72. The molecule has 2 aliphatic carbocycles. The van der Waals surface area contributed by atoms with Crippen molar-refractivity contribution in [2.24, 2.45) is 0 Å². The molecule has 1 atom stereocenters. The maximum absolute atomic E-state index is 13.9. The van der Waals surface area contributed by atoms with Gasteiger partial charge >= 0.3 is 0 Å². The van der Waals surface area contributed by atoms with Crippen LogP contribution in [0.1, 0.15) is 81.6 Å². The minimum Gasteiger partial charge on any atom is -0.351 e. The molecule has 3 aliphatic rings. The molecule has 30 heavy (non-hydrogen) atoms. The highest BCUT2D eigenvalue weighted by Crippen LogP contribution is 2.37. The molecule has 0 saturated heterocycles. The molecule has 0 spiro atoms. The highest BCUT2D eigenvalue weighted by molar-refractivity contribution is 6.03. The fourth-order valence-corrected chi connectivity index (χ4v) is 5.97. The molecule has 2 aromatic rings. The highest BCUT2D eigenvalue weighted by Gasteiger charge is 2.50.